The Balaban J connectivity index is 1.72. The molecule has 0 radical (unpaired) electrons. The zero-order valence-electron chi connectivity index (χ0n) is 21.4. The van der Waals surface area contributed by atoms with Gasteiger partial charge in [0.1, 0.15) is 0 Å². The fraction of sp³-hybridized carbons (Fsp3) is 0.267. The molecule has 7 heteroatoms. The van der Waals surface area contributed by atoms with Crippen molar-refractivity contribution >= 4 is 56.8 Å². The average Bonchev–Trinajstić information content (AvgIpc) is 3.52. The van der Waals surface area contributed by atoms with Crippen LogP contribution >= 0.6 is 0 Å². The summed E-state index contributed by atoms with van der Waals surface area (Å²) in [5.74, 6) is -0.999. The lowest BCUT2D eigenvalue weighted by Gasteiger charge is -2.07. The summed E-state index contributed by atoms with van der Waals surface area (Å²) in [5, 5.41) is 0. The highest BCUT2D eigenvalue weighted by molar-refractivity contribution is 5.95. The second-order valence-corrected chi connectivity index (χ2v) is 10.0. The Morgan fingerprint density at radius 3 is 2.30 bits per heavy atom. The molecule has 3 aliphatic heterocycles. The van der Waals surface area contributed by atoms with E-state index in [1.807, 2.05) is 19.9 Å². The molecule has 8 bridgehead atoms. The number of hydrogen-bond donors (Lipinski definition) is 2. The maximum Gasteiger partial charge on any atom is 0.313 e. The number of H-pyrrole nitrogens is 2. The van der Waals surface area contributed by atoms with Crippen LogP contribution < -0.4 is 0 Å². The van der Waals surface area contributed by atoms with Crippen molar-refractivity contribution < 1.29 is 14.3 Å². The van der Waals surface area contributed by atoms with Gasteiger partial charge in [-0.15, -0.1) is 0 Å². The molecule has 0 atom stereocenters. The van der Waals surface area contributed by atoms with Gasteiger partial charge in [0.25, 0.3) is 0 Å². The second kappa shape index (κ2) is 8.69. The van der Waals surface area contributed by atoms with E-state index in [-0.39, 0.29) is 12.8 Å². The third kappa shape index (κ3) is 4.20. The van der Waals surface area contributed by atoms with Gasteiger partial charge in [-0.3, -0.25) is 9.59 Å². The first kappa shape index (κ1) is 23.2. The first-order valence-electron chi connectivity index (χ1n) is 12.6. The number of ether oxygens (including phenoxy) is 1. The number of nitrogens with zero attached hydrogens (tertiary/aromatic N) is 2. The lowest BCUT2D eigenvalue weighted by Crippen LogP contribution is -2.13. The van der Waals surface area contributed by atoms with Crippen LogP contribution in [0.2, 0.25) is 0 Å². The fourth-order valence-electron chi connectivity index (χ4n) is 5.33. The Bertz CT molecular complexity index is 1730. The van der Waals surface area contributed by atoms with Crippen molar-refractivity contribution in [3.05, 3.63) is 69.8 Å². The van der Waals surface area contributed by atoms with E-state index in [0.717, 1.165) is 78.3 Å². The third-order valence-corrected chi connectivity index (χ3v) is 7.46. The molecular formula is C30H28N4O3. The number of nitrogens with one attached hydrogen (secondary N) is 2. The number of rotatable bonds is 0. The van der Waals surface area contributed by atoms with Gasteiger partial charge in [0, 0.05) is 22.1 Å². The maximum atomic E-state index is 12.4. The summed E-state index contributed by atoms with van der Waals surface area (Å²) in [6, 6.07) is 10.3. The number of cyclic esters (lactones) is 2. The number of allylic oxidation sites excluding steroid dienone is 3. The van der Waals surface area contributed by atoms with E-state index >= 15 is 0 Å². The van der Waals surface area contributed by atoms with Gasteiger partial charge >= 0.3 is 11.9 Å². The van der Waals surface area contributed by atoms with Crippen LogP contribution in [0.15, 0.2) is 30.3 Å². The Hall–Kier alpha value is -4.26. The number of carbonyl (C=O) groups is 2. The molecule has 0 aromatic carbocycles. The van der Waals surface area contributed by atoms with Crippen molar-refractivity contribution in [3.63, 3.8) is 0 Å². The molecule has 3 aliphatic rings. The topological polar surface area (TPSA) is 101 Å². The smallest absolute Gasteiger partial charge is 0.313 e. The normalized spacial score (nSPS) is 16.1. The zero-order valence-corrected chi connectivity index (χ0v) is 21.4. The molecule has 0 unspecified atom stereocenters. The monoisotopic (exact) mass is 492 g/mol. The number of aromatic nitrogens is 4. The summed E-state index contributed by atoms with van der Waals surface area (Å²) in [5.41, 5.74) is 13.5. The molecule has 6 rings (SSSR count). The van der Waals surface area contributed by atoms with E-state index < -0.39 is 11.9 Å². The van der Waals surface area contributed by atoms with Crippen LogP contribution in [0.25, 0.3) is 44.9 Å². The lowest BCUT2D eigenvalue weighted by atomic mass is 10.00. The minimum atomic E-state index is -0.501. The standard InChI is InChI=1S/C30H28N4O3/c1-15-9-20-12-25-17(3)21-5-7-29(35)37-30(36)8-6-22-18(4)26(34-28(22)14-27(21)33-25)13-24-16(2)10-19(32-24)11-23(15)31-20/h9-14,31,34H,5-8H2,1-4H3. The Kier molecular flexibility index (Phi) is 5.44. The van der Waals surface area contributed by atoms with Crippen LogP contribution in [0.1, 0.15) is 72.6 Å². The van der Waals surface area contributed by atoms with Crippen LogP contribution in [-0.2, 0) is 20.7 Å². The quantitative estimate of drug-likeness (QED) is 0.287. The molecule has 0 aliphatic carbocycles. The van der Waals surface area contributed by atoms with E-state index in [2.05, 4.69) is 54.2 Å². The van der Waals surface area contributed by atoms with Crippen molar-refractivity contribution in [1.29, 1.82) is 0 Å². The molecule has 0 spiro atoms. The van der Waals surface area contributed by atoms with E-state index in [1.54, 1.807) is 0 Å². The summed E-state index contributed by atoms with van der Waals surface area (Å²) in [6.45, 7) is 8.21. The first-order valence-corrected chi connectivity index (χ1v) is 12.6. The van der Waals surface area contributed by atoms with E-state index in [1.165, 1.54) is 0 Å². The number of aryl methyl sites for hydroxylation is 3. The number of aromatic amines is 2. The van der Waals surface area contributed by atoms with Gasteiger partial charge in [-0.2, -0.15) is 0 Å². The van der Waals surface area contributed by atoms with Crippen LogP contribution in [0.4, 0.5) is 0 Å². The highest BCUT2D eigenvalue weighted by Gasteiger charge is 2.22. The van der Waals surface area contributed by atoms with Crippen molar-refractivity contribution in [3.8, 4) is 0 Å². The molecule has 3 aromatic heterocycles. The lowest BCUT2D eigenvalue weighted by molar-refractivity contribution is -0.159. The molecule has 0 saturated carbocycles. The van der Waals surface area contributed by atoms with Crippen molar-refractivity contribution in [2.45, 2.75) is 53.4 Å². The predicted molar refractivity (Wildman–Crippen MR) is 145 cm³/mol. The largest absolute Gasteiger partial charge is 0.393 e. The zero-order chi connectivity index (χ0) is 25.8. The summed E-state index contributed by atoms with van der Waals surface area (Å²) in [4.78, 5) is 41.7. The number of hydrogen-bond acceptors (Lipinski definition) is 5. The van der Waals surface area contributed by atoms with Crippen molar-refractivity contribution in [1.82, 2.24) is 19.9 Å². The summed E-state index contributed by atoms with van der Waals surface area (Å²) < 4.78 is 5.11. The van der Waals surface area contributed by atoms with E-state index in [0.29, 0.717) is 12.8 Å². The predicted octanol–water partition coefficient (Wildman–Crippen LogP) is 6.22. The number of esters is 2. The molecule has 0 fully saturated rings. The molecule has 3 aromatic rings. The van der Waals surface area contributed by atoms with Crippen molar-refractivity contribution in [2.75, 3.05) is 0 Å². The second-order valence-electron chi connectivity index (χ2n) is 10.0. The highest BCUT2D eigenvalue weighted by Crippen LogP contribution is 2.35. The average molecular weight is 493 g/mol. The van der Waals surface area contributed by atoms with Crippen LogP contribution in [0.3, 0.4) is 0 Å². The third-order valence-electron chi connectivity index (χ3n) is 7.46. The van der Waals surface area contributed by atoms with Crippen molar-refractivity contribution in [2.24, 2.45) is 0 Å². The van der Waals surface area contributed by atoms with Crippen LogP contribution in [0, 0.1) is 13.8 Å². The van der Waals surface area contributed by atoms with E-state index in [9.17, 15) is 9.59 Å². The van der Waals surface area contributed by atoms with Gasteiger partial charge in [-0.05, 0) is 110 Å². The SMILES string of the molecule is CC1=Cc2cc3[nH]c(cc4nc5cc6[nH]c(cc1n2)c(C)c6CCC(=O)OC(=O)CCC5=C4C)cc3C. The molecule has 6 heterocycles. The first-order chi connectivity index (χ1) is 17.7. The number of fused-ring (bicyclic) bond motifs is 6. The van der Waals surface area contributed by atoms with Crippen LogP contribution in [0.5, 0.6) is 0 Å². The fourth-order valence-corrected chi connectivity index (χ4v) is 5.33. The summed E-state index contributed by atoms with van der Waals surface area (Å²) in [7, 11) is 0. The van der Waals surface area contributed by atoms with Crippen LogP contribution in [-0.4, -0.2) is 31.9 Å². The molecule has 2 N–H and O–H groups in total. The molecular weight excluding hydrogens is 464 g/mol. The highest BCUT2D eigenvalue weighted by atomic mass is 16.6. The van der Waals surface area contributed by atoms with Gasteiger partial charge in [0.15, 0.2) is 0 Å². The molecule has 0 amide bonds. The Morgan fingerprint density at radius 2 is 1.49 bits per heavy atom. The summed E-state index contributed by atoms with van der Waals surface area (Å²) >= 11 is 0. The van der Waals surface area contributed by atoms with Gasteiger partial charge in [0.2, 0.25) is 0 Å². The molecule has 7 nitrogen and oxygen atoms in total. The Morgan fingerprint density at radius 1 is 0.730 bits per heavy atom. The minimum Gasteiger partial charge on any atom is -0.393 e. The minimum absolute atomic E-state index is 0.124. The Labute approximate surface area is 214 Å². The van der Waals surface area contributed by atoms with E-state index in [4.69, 9.17) is 14.7 Å². The molecule has 37 heavy (non-hydrogen) atoms. The van der Waals surface area contributed by atoms with Gasteiger partial charge in [-0.25, -0.2) is 9.97 Å². The molecule has 186 valence electrons. The molecule has 0 saturated heterocycles. The van der Waals surface area contributed by atoms with Gasteiger partial charge < -0.3 is 14.7 Å². The maximum absolute atomic E-state index is 12.4. The van der Waals surface area contributed by atoms with Gasteiger partial charge in [0.05, 0.1) is 35.6 Å². The van der Waals surface area contributed by atoms with Gasteiger partial charge in [-0.1, -0.05) is 0 Å². The summed E-state index contributed by atoms with van der Waals surface area (Å²) in [6.07, 6.45) is 3.24. The number of carbonyl (C=O) groups excluding carboxylic acids is 2.